The molecular weight excluding hydrogens is 362 g/mol. The Morgan fingerprint density at radius 2 is 1.59 bits per heavy atom. The molecule has 2 heterocycles. The fourth-order valence-corrected chi connectivity index (χ4v) is 3.69. The van der Waals surface area contributed by atoms with E-state index >= 15 is 0 Å². The van der Waals surface area contributed by atoms with Gasteiger partial charge in [-0.25, -0.2) is 9.97 Å². The number of methoxy groups -OCH3 is 2. The molecule has 1 aromatic heterocycles. The molecule has 0 unspecified atom stereocenters. The molecule has 4 rings (SSSR count). The van der Waals surface area contributed by atoms with Crippen LogP contribution in [-0.2, 0) is 0 Å². The molecular formula is C24H27N3O2. The first-order valence-electron chi connectivity index (χ1n) is 10.1. The number of benzene rings is 2. The minimum Gasteiger partial charge on any atom is -0.497 e. The Bertz CT molecular complexity index is 967. The van der Waals surface area contributed by atoms with E-state index in [-0.39, 0.29) is 0 Å². The zero-order valence-corrected chi connectivity index (χ0v) is 17.3. The Morgan fingerprint density at radius 1 is 0.862 bits per heavy atom. The number of nitrogens with zero attached hydrogens (tertiary/aromatic N) is 3. The molecule has 2 aromatic carbocycles. The Labute approximate surface area is 172 Å². The van der Waals surface area contributed by atoms with E-state index < -0.39 is 0 Å². The van der Waals surface area contributed by atoms with Crippen molar-refractivity contribution in [3.63, 3.8) is 0 Å². The molecule has 5 heteroatoms. The summed E-state index contributed by atoms with van der Waals surface area (Å²) < 4.78 is 11.0. The zero-order chi connectivity index (χ0) is 20.2. The second-order valence-electron chi connectivity index (χ2n) is 7.54. The molecule has 0 aliphatic carbocycles. The fraction of sp³-hybridized carbons (Fsp3) is 0.333. The van der Waals surface area contributed by atoms with Crippen molar-refractivity contribution >= 4 is 5.95 Å². The first-order chi connectivity index (χ1) is 14.2. The lowest BCUT2D eigenvalue weighted by Crippen LogP contribution is -2.34. The van der Waals surface area contributed by atoms with Gasteiger partial charge in [0.15, 0.2) is 0 Å². The van der Waals surface area contributed by atoms with Crippen LogP contribution in [0.25, 0.3) is 22.5 Å². The van der Waals surface area contributed by atoms with E-state index in [0.29, 0.717) is 0 Å². The Balaban J connectivity index is 1.82. The number of hydrogen-bond donors (Lipinski definition) is 0. The highest BCUT2D eigenvalue weighted by atomic mass is 16.5. The quantitative estimate of drug-likeness (QED) is 0.610. The minimum atomic E-state index is 0.736. The topological polar surface area (TPSA) is 47.5 Å². The third-order valence-corrected chi connectivity index (χ3v) is 5.54. The summed E-state index contributed by atoms with van der Waals surface area (Å²) in [5, 5.41) is 0. The van der Waals surface area contributed by atoms with Crippen LogP contribution in [0.3, 0.4) is 0 Å². The summed E-state index contributed by atoms with van der Waals surface area (Å²) in [4.78, 5) is 12.1. The molecule has 0 saturated carbocycles. The standard InChI is InChI=1S/C24H27N3O2/c1-17-11-13-27(14-12-17)24-25-21(18-7-5-4-6-8-18)16-22(26-24)20-10-9-19(28-2)15-23(20)29-3/h4-10,15-17H,11-14H2,1-3H3. The third kappa shape index (κ3) is 4.19. The van der Waals surface area contributed by atoms with E-state index in [2.05, 4.69) is 24.0 Å². The van der Waals surface area contributed by atoms with Crippen LogP contribution in [0.1, 0.15) is 19.8 Å². The SMILES string of the molecule is COc1ccc(-c2cc(-c3ccccc3)nc(N3CCC(C)CC3)n2)c(OC)c1. The van der Waals surface area contributed by atoms with E-state index in [9.17, 15) is 0 Å². The van der Waals surface area contributed by atoms with Crippen molar-refractivity contribution in [3.8, 4) is 34.0 Å². The van der Waals surface area contributed by atoms with Crippen LogP contribution in [-0.4, -0.2) is 37.3 Å². The van der Waals surface area contributed by atoms with E-state index in [1.807, 2.05) is 42.5 Å². The average molecular weight is 389 g/mol. The molecule has 0 bridgehead atoms. The van der Waals surface area contributed by atoms with Crippen molar-refractivity contribution < 1.29 is 9.47 Å². The number of rotatable bonds is 5. The summed E-state index contributed by atoms with van der Waals surface area (Å²) in [6, 6.07) is 18.1. The highest BCUT2D eigenvalue weighted by molar-refractivity contribution is 5.74. The maximum Gasteiger partial charge on any atom is 0.226 e. The van der Waals surface area contributed by atoms with Crippen molar-refractivity contribution in [2.45, 2.75) is 19.8 Å². The van der Waals surface area contributed by atoms with Gasteiger partial charge in [0.05, 0.1) is 25.6 Å². The van der Waals surface area contributed by atoms with Gasteiger partial charge in [-0.05, 0) is 37.0 Å². The number of hydrogen-bond acceptors (Lipinski definition) is 5. The maximum atomic E-state index is 5.63. The van der Waals surface area contributed by atoms with Crippen LogP contribution in [0.2, 0.25) is 0 Å². The second kappa shape index (κ2) is 8.52. The molecule has 150 valence electrons. The summed E-state index contributed by atoms with van der Waals surface area (Å²) in [6.45, 7) is 4.28. The van der Waals surface area contributed by atoms with Crippen LogP contribution in [0.4, 0.5) is 5.95 Å². The molecule has 5 nitrogen and oxygen atoms in total. The molecule has 0 spiro atoms. The lowest BCUT2D eigenvalue weighted by atomic mass is 9.99. The fourth-order valence-electron chi connectivity index (χ4n) is 3.69. The van der Waals surface area contributed by atoms with Crippen LogP contribution in [0.5, 0.6) is 11.5 Å². The van der Waals surface area contributed by atoms with Gasteiger partial charge in [-0.1, -0.05) is 37.3 Å². The summed E-state index contributed by atoms with van der Waals surface area (Å²) in [5.74, 6) is 3.03. The predicted octanol–water partition coefficient (Wildman–Crippen LogP) is 5.06. The highest BCUT2D eigenvalue weighted by Crippen LogP contribution is 2.35. The van der Waals surface area contributed by atoms with E-state index in [0.717, 1.165) is 59.0 Å². The smallest absolute Gasteiger partial charge is 0.226 e. The van der Waals surface area contributed by atoms with Gasteiger partial charge in [0, 0.05) is 30.3 Å². The number of anilines is 1. The van der Waals surface area contributed by atoms with Gasteiger partial charge >= 0.3 is 0 Å². The van der Waals surface area contributed by atoms with E-state index in [1.54, 1.807) is 14.2 Å². The average Bonchev–Trinajstić information content (AvgIpc) is 2.79. The van der Waals surface area contributed by atoms with Gasteiger partial charge in [0.1, 0.15) is 11.5 Å². The first-order valence-corrected chi connectivity index (χ1v) is 10.1. The summed E-state index contributed by atoms with van der Waals surface area (Å²) in [6.07, 6.45) is 2.33. The second-order valence-corrected chi connectivity index (χ2v) is 7.54. The molecule has 29 heavy (non-hydrogen) atoms. The lowest BCUT2D eigenvalue weighted by Gasteiger charge is -2.30. The van der Waals surface area contributed by atoms with Gasteiger partial charge < -0.3 is 14.4 Å². The van der Waals surface area contributed by atoms with Gasteiger partial charge in [-0.15, -0.1) is 0 Å². The summed E-state index contributed by atoms with van der Waals surface area (Å²) >= 11 is 0. The molecule has 0 N–H and O–H groups in total. The van der Waals surface area contributed by atoms with Crippen LogP contribution in [0, 0.1) is 5.92 Å². The zero-order valence-electron chi connectivity index (χ0n) is 17.3. The molecule has 0 amide bonds. The third-order valence-electron chi connectivity index (χ3n) is 5.54. The van der Waals surface area contributed by atoms with Gasteiger partial charge in [0.2, 0.25) is 5.95 Å². The Kier molecular flexibility index (Phi) is 5.65. The van der Waals surface area contributed by atoms with Crippen molar-refractivity contribution in [3.05, 3.63) is 54.6 Å². The first kappa shape index (κ1) is 19.2. The summed E-state index contributed by atoms with van der Waals surface area (Å²) in [7, 11) is 3.33. The monoisotopic (exact) mass is 389 g/mol. The van der Waals surface area contributed by atoms with E-state index in [4.69, 9.17) is 19.4 Å². The number of ether oxygens (including phenoxy) is 2. The van der Waals surface area contributed by atoms with Crippen molar-refractivity contribution in [1.82, 2.24) is 9.97 Å². The minimum absolute atomic E-state index is 0.736. The highest BCUT2D eigenvalue weighted by Gasteiger charge is 2.20. The molecule has 3 aromatic rings. The Morgan fingerprint density at radius 3 is 2.28 bits per heavy atom. The molecule has 1 aliphatic rings. The number of piperidine rings is 1. The van der Waals surface area contributed by atoms with Gasteiger partial charge in [-0.2, -0.15) is 0 Å². The summed E-state index contributed by atoms with van der Waals surface area (Å²) in [5.41, 5.74) is 3.78. The van der Waals surface area contributed by atoms with Crippen molar-refractivity contribution in [2.24, 2.45) is 5.92 Å². The van der Waals surface area contributed by atoms with Crippen molar-refractivity contribution in [2.75, 3.05) is 32.2 Å². The van der Waals surface area contributed by atoms with Crippen LogP contribution >= 0.6 is 0 Å². The molecule has 1 fully saturated rings. The van der Waals surface area contributed by atoms with Gasteiger partial charge in [-0.3, -0.25) is 0 Å². The van der Waals surface area contributed by atoms with Crippen molar-refractivity contribution in [1.29, 1.82) is 0 Å². The molecule has 0 atom stereocenters. The Hall–Kier alpha value is -3.08. The van der Waals surface area contributed by atoms with Gasteiger partial charge in [0.25, 0.3) is 0 Å². The molecule has 1 saturated heterocycles. The van der Waals surface area contributed by atoms with E-state index in [1.165, 1.54) is 12.8 Å². The maximum absolute atomic E-state index is 5.63. The predicted molar refractivity (Wildman–Crippen MR) is 117 cm³/mol. The lowest BCUT2D eigenvalue weighted by molar-refractivity contribution is 0.395. The molecule has 0 radical (unpaired) electrons. The van der Waals surface area contributed by atoms with Crippen LogP contribution < -0.4 is 14.4 Å². The number of aromatic nitrogens is 2. The largest absolute Gasteiger partial charge is 0.497 e. The molecule has 1 aliphatic heterocycles. The normalized spacial score (nSPS) is 14.7. The van der Waals surface area contributed by atoms with Crippen LogP contribution in [0.15, 0.2) is 54.6 Å².